The second-order valence-electron chi connectivity index (χ2n) is 3.81. The number of methoxy groups -OCH3 is 1. The molecule has 0 spiro atoms. The van der Waals surface area contributed by atoms with Crippen LogP contribution in [0.15, 0.2) is 0 Å². The number of hydrogen-bond acceptors (Lipinski definition) is 2. The molecule has 2 aliphatic heterocycles. The van der Waals surface area contributed by atoms with Crippen LogP contribution in [-0.2, 0) is 9.53 Å². The van der Waals surface area contributed by atoms with Crippen molar-refractivity contribution in [1.82, 2.24) is 4.90 Å². The topological polar surface area (TPSA) is 29.5 Å². The fraction of sp³-hybridized carbons (Fsp3) is 0.923. The number of carbonyl (C=O) groups excluding carboxylic acids is 1. The molecule has 0 aromatic rings. The van der Waals surface area contributed by atoms with Gasteiger partial charge in [-0.05, 0) is 19.3 Å². The van der Waals surface area contributed by atoms with Gasteiger partial charge in [0.15, 0.2) is 0 Å². The molecule has 0 aliphatic carbocycles. The van der Waals surface area contributed by atoms with Gasteiger partial charge in [0.2, 0.25) is 5.91 Å². The molecule has 2 aliphatic rings. The molecule has 0 bridgehead atoms. The summed E-state index contributed by atoms with van der Waals surface area (Å²) in [7, 11) is 1.72. The predicted octanol–water partition coefficient (Wildman–Crippen LogP) is 2.84. The first-order chi connectivity index (χ1) is 7.78. The van der Waals surface area contributed by atoms with Gasteiger partial charge in [0.25, 0.3) is 0 Å². The Morgan fingerprint density at radius 1 is 1.25 bits per heavy atom. The van der Waals surface area contributed by atoms with Crippen molar-refractivity contribution >= 4 is 5.91 Å². The van der Waals surface area contributed by atoms with Gasteiger partial charge in [0.1, 0.15) is 0 Å². The summed E-state index contributed by atoms with van der Waals surface area (Å²) in [5.41, 5.74) is 0.0891. The van der Waals surface area contributed by atoms with E-state index in [9.17, 15) is 4.79 Å². The minimum Gasteiger partial charge on any atom is -0.382 e. The summed E-state index contributed by atoms with van der Waals surface area (Å²) in [5.74, 6) is 0.324. The number of hydrogen-bond donors (Lipinski definition) is 0. The SMILES string of the molecule is CC.CC.COCC12CCCN1C(=O)CC2. The fourth-order valence-corrected chi connectivity index (χ4v) is 2.55. The highest BCUT2D eigenvalue weighted by Gasteiger charge is 2.48. The molecule has 2 rings (SSSR count). The minimum atomic E-state index is 0.0891. The number of carbonyl (C=O) groups is 1. The van der Waals surface area contributed by atoms with Crippen molar-refractivity contribution in [1.29, 1.82) is 0 Å². The lowest BCUT2D eigenvalue weighted by Crippen LogP contribution is -2.43. The summed E-state index contributed by atoms with van der Waals surface area (Å²) >= 11 is 0. The lowest BCUT2D eigenvalue weighted by Gasteiger charge is -2.30. The molecule has 16 heavy (non-hydrogen) atoms. The van der Waals surface area contributed by atoms with Crippen molar-refractivity contribution in [2.75, 3.05) is 20.3 Å². The zero-order valence-corrected chi connectivity index (χ0v) is 11.5. The summed E-state index contributed by atoms with van der Waals surface area (Å²) in [6.07, 6.45) is 4.00. The largest absolute Gasteiger partial charge is 0.382 e. The third-order valence-corrected chi connectivity index (χ3v) is 3.11. The Hall–Kier alpha value is -0.570. The molecule has 0 N–H and O–H groups in total. The molecule has 2 saturated heterocycles. The summed E-state index contributed by atoms with van der Waals surface area (Å²) in [6.45, 7) is 9.67. The predicted molar refractivity (Wildman–Crippen MR) is 67.5 cm³/mol. The van der Waals surface area contributed by atoms with Crippen molar-refractivity contribution in [2.24, 2.45) is 0 Å². The van der Waals surface area contributed by atoms with Gasteiger partial charge >= 0.3 is 0 Å². The van der Waals surface area contributed by atoms with E-state index in [4.69, 9.17) is 4.74 Å². The van der Waals surface area contributed by atoms with Gasteiger partial charge in [-0.3, -0.25) is 4.79 Å². The van der Waals surface area contributed by atoms with E-state index >= 15 is 0 Å². The minimum absolute atomic E-state index is 0.0891. The standard InChI is InChI=1S/C9H15NO2.2C2H6/c1-12-7-9-4-2-6-10(9)8(11)3-5-9;2*1-2/h2-7H2,1H3;2*1-2H3. The highest BCUT2D eigenvalue weighted by Crippen LogP contribution is 2.39. The smallest absolute Gasteiger partial charge is 0.223 e. The van der Waals surface area contributed by atoms with Crippen LogP contribution in [0.4, 0.5) is 0 Å². The monoisotopic (exact) mass is 229 g/mol. The second-order valence-corrected chi connectivity index (χ2v) is 3.81. The third kappa shape index (κ3) is 2.97. The van der Waals surface area contributed by atoms with E-state index < -0.39 is 0 Å². The van der Waals surface area contributed by atoms with E-state index in [1.807, 2.05) is 32.6 Å². The van der Waals surface area contributed by atoms with Crippen LogP contribution in [0.3, 0.4) is 0 Å². The molecule has 0 radical (unpaired) electrons. The third-order valence-electron chi connectivity index (χ3n) is 3.11. The molecule has 1 amide bonds. The molecule has 0 aromatic heterocycles. The highest BCUT2D eigenvalue weighted by molar-refractivity contribution is 5.80. The van der Waals surface area contributed by atoms with Crippen molar-refractivity contribution in [3.63, 3.8) is 0 Å². The molecule has 1 unspecified atom stereocenters. The Morgan fingerprint density at radius 2 is 1.88 bits per heavy atom. The average molecular weight is 229 g/mol. The van der Waals surface area contributed by atoms with Gasteiger partial charge in [-0.15, -0.1) is 0 Å². The van der Waals surface area contributed by atoms with Gasteiger partial charge < -0.3 is 9.64 Å². The molecule has 0 saturated carbocycles. The molecular weight excluding hydrogens is 202 g/mol. The number of ether oxygens (including phenoxy) is 1. The molecule has 1 atom stereocenters. The Balaban J connectivity index is 0.000000509. The highest BCUT2D eigenvalue weighted by atomic mass is 16.5. The average Bonchev–Trinajstić information content (AvgIpc) is 2.87. The fourth-order valence-electron chi connectivity index (χ4n) is 2.55. The first-order valence-corrected chi connectivity index (χ1v) is 6.58. The van der Waals surface area contributed by atoms with Crippen LogP contribution in [0, 0.1) is 0 Å². The molecule has 2 fully saturated rings. The van der Waals surface area contributed by atoms with Crippen LogP contribution < -0.4 is 0 Å². The summed E-state index contributed by atoms with van der Waals surface area (Å²) in [4.78, 5) is 13.4. The van der Waals surface area contributed by atoms with Crippen molar-refractivity contribution < 1.29 is 9.53 Å². The van der Waals surface area contributed by atoms with E-state index in [0.29, 0.717) is 5.91 Å². The van der Waals surface area contributed by atoms with E-state index in [1.54, 1.807) is 7.11 Å². The summed E-state index contributed by atoms with van der Waals surface area (Å²) < 4.78 is 5.18. The Morgan fingerprint density at radius 3 is 2.44 bits per heavy atom. The van der Waals surface area contributed by atoms with Gasteiger partial charge in [0.05, 0.1) is 12.1 Å². The zero-order valence-electron chi connectivity index (χ0n) is 11.5. The van der Waals surface area contributed by atoms with Gasteiger partial charge in [-0.1, -0.05) is 27.7 Å². The van der Waals surface area contributed by atoms with Crippen LogP contribution in [0.5, 0.6) is 0 Å². The Labute approximate surface area is 100 Å². The van der Waals surface area contributed by atoms with Gasteiger partial charge in [-0.25, -0.2) is 0 Å². The maximum absolute atomic E-state index is 11.4. The molecule has 3 heteroatoms. The lowest BCUT2D eigenvalue weighted by atomic mass is 9.95. The molecule has 2 heterocycles. The quantitative estimate of drug-likeness (QED) is 0.728. The molecule has 3 nitrogen and oxygen atoms in total. The van der Waals surface area contributed by atoms with E-state index in [0.717, 1.165) is 38.8 Å². The van der Waals surface area contributed by atoms with Crippen LogP contribution in [0.25, 0.3) is 0 Å². The first-order valence-electron chi connectivity index (χ1n) is 6.58. The number of fused-ring (bicyclic) bond motifs is 1. The maximum atomic E-state index is 11.4. The Bertz CT molecular complexity index is 206. The van der Waals surface area contributed by atoms with Gasteiger partial charge in [-0.2, -0.15) is 0 Å². The van der Waals surface area contributed by atoms with Crippen LogP contribution in [0.2, 0.25) is 0 Å². The number of amides is 1. The maximum Gasteiger partial charge on any atom is 0.223 e. The molecular formula is C13H27NO2. The van der Waals surface area contributed by atoms with E-state index in [-0.39, 0.29) is 5.54 Å². The normalized spacial score (nSPS) is 26.6. The summed E-state index contributed by atoms with van der Waals surface area (Å²) in [6, 6.07) is 0. The lowest BCUT2D eigenvalue weighted by molar-refractivity contribution is -0.130. The van der Waals surface area contributed by atoms with Crippen molar-refractivity contribution in [3.05, 3.63) is 0 Å². The van der Waals surface area contributed by atoms with Crippen LogP contribution in [0.1, 0.15) is 53.4 Å². The number of rotatable bonds is 2. The van der Waals surface area contributed by atoms with Crippen molar-refractivity contribution in [3.8, 4) is 0 Å². The van der Waals surface area contributed by atoms with Crippen LogP contribution in [-0.4, -0.2) is 36.6 Å². The molecule has 96 valence electrons. The first kappa shape index (κ1) is 15.4. The van der Waals surface area contributed by atoms with Gasteiger partial charge in [0, 0.05) is 20.1 Å². The van der Waals surface area contributed by atoms with E-state index in [2.05, 4.69) is 0 Å². The second kappa shape index (κ2) is 7.66. The molecule has 0 aromatic carbocycles. The zero-order chi connectivity index (χ0) is 12.6. The number of nitrogens with zero attached hydrogens (tertiary/aromatic N) is 1. The summed E-state index contributed by atoms with van der Waals surface area (Å²) in [5, 5.41) is 0. The van der Waals surface area contributed by atoms with Crippen LogP contribution >= 0.6 is 0 Å². The van der Waals surface area contributed by atoms with Crippen molar-refractivity contribution in [2.45, 2.75) is 58.9 Å². The van der Waals surface area contributed by atoms with E-state index in [1.165, 1.54) is 0 Å². The Kier molecular flexibility index (Phi) is 7.39.